The van der Waals surface area contributed by atoms with Crippen molar-refractivity contribution in [1.82, 2.24) is 9.80 Å². The Bertz CT molecular complexity index is 202. The molecule has 15 heavy (non-hydrogen) atoms. The summed E-state index contributed by atoms with van der Waals surface area (Å²) in [6, 6.07) is 0. The van der Waals surface area contributed by atoms with E-state index in [0.29, 0.717) is 13.0 Å². The van der Waals surface area contributed by atoms with Gasteiger partial charge in [0.1, 0.15) is 0 Å². The number of nitrogens with two attached hydrogens (primary N) is 1. The molecular weight excluding hydrogens is 190 g/mol. The minimum Gasteiger partial charge on any atom is -0.345 e. The molecule has 0 atom stereocenters. The number of hydrogen-bond acceptors (Lipinski definition) is 3. The predicted octanol–water partition coefficient (Wildman–Crippen LogP) is 0.381. The van der Waals surface area contributed by atoms with Crippen molar-refractivity contribution in [2.45, 2.75) is 20.3 Å². The Hall–Kier alpha value is -0.610. The van der Waals surface area contributed by atoms with Gasteiger partial charge < -0.3 is 15.5 Å². The normalized spacial score (nSPS) is 11.9. The van der Waals surface area contributed by atoms with E-state index in [9.17, 15) is 4.79 Å². The molecule has 0 heterocycles. The zero-order chi connectivity index (χ0) is 12.1. The Morgan fingerprint density at radius 3 is 2.20 bits per heavy atom. The van der Waals surface area contributed by atoms with Gasteiger partial charge in [-0.1, -0.05) is 13.8 Å². The summed E-state index contributed by atoms with van der Waals surface area (Å²) in [4.78, 5) is 15.5. The van der Waals surface area contributed by atoms with Crippen molar-refractivity contribution < 1.29 is 4.79 Å². The first-order chi connectivity index (χ1) is 6.78. The first kappa shape index (κ1) is 14.4. The van der Waals surface area contributed by atoms with Gasteiger partial charge in [0.15, 0.2) is 0 Å². The molecular formula is C11H25N3O. The highest BCUT2D eigenvalue weighted by molar-refractivity contribution is 5.76. The number of rotatable bonds is 6. The van der Waals surface area contributed by atoms with Crippen LogP contribution in [-0.4, -0.2) is 56.5 Å². The van der Waals surface area contributed by atoms with Gasteiger partial charge in [-0.05, 0) is 26.1 Å². The Labute approximate surface area is 93.4 Å². The third-order valence-corrected chi connectivity index (χ3v) is 2.42. The van der Waals surface area contributed by atoms with Crippen LogP contribution in [0.4, 0.5) is 0 Å². The second-order valence-electron chi connectivity index (χ2n) is 5.17. The van der Waals surface area contributed by atoms with Gasteiger partial charge in [0, 0.05) is 26.6 Å². The molecule has 1 amide bonds. The number of carbonyl (C=O) groups is 1. The van der Waals surface area contributed by atoms with E-state index in [4.69, 9.17) is 5.73 Å². The first-order valence-corrected chi connectivity index (χ1v) is 5.37. The second kappa shape index (κ2) is 6.08. The topological polar surface area (TPSA) is 49.6 Å². The summed E-state index contributed by atoms with van der Waals surface area (Å²) in [6.45, 7) is 6.26. The maximum Gasteiger partial charge on any atom is 0.223 e. The fourth-order valence-corrected chi connectivity index (χ4v) is 1.30. The van der Waals surface area contributed by atoms with E-state index in [0.717, 1.165) is 13.1 Å². The molecule has 0 saturated carbocycles. The molecule has 90 valence electrons. The minimum absolute atomic E-state index is 0.00251. The van der Waals surface area contributed by atoms with Gasteiger partial charge in [0.25, 0.3) is 0 Å². The summed E-state index contributed by atoms with van der Waals surface area (Å²) in [5, 5.41) is 0. The second-order valence-corrected chi connectivity index (χ2v) is 5.17. The Kier molecular flexibility index (Phi) is 5.83. The zero-order valence-corrected chi connectivity index (χ0v) is 10.7. The third-order valence-electron chi connectivity index (χ3n) is 2.42. The molecule has 0 spiro atoms. The minimum atomic E-state index is 0.00251. The molecule has 0 fully saturated rings. The quantitative estimate of drug-likeness (QED) is 0.697. The number of amides is 1. The van der Waals surface area contributed by atoms with E-state index in [2.05, 4.69) is 13.8 Å². The van der Waals surface area contributed by atoms with Crippen molar-refractivity contribution in [3.05, 3.63) is 0 Å². The molecule has 0 aromatic heterocycles. The molecule has 0 aliphatic carbocycles. The van der Waals surface area contributed by atoms with Crippen LogP contribution in [0.15, 0.2) is 0 Å². The predicted molar refractivity (Wildman–Crippen MR) is 63.6 cm³/mol. The van der Waals surface area contributed by atoms with Crippen molar-refractivity contribution in [1.29, 1.82) is 0 Å². The molecule has 0 aliphatic heterocycles. The molecule has 4 heteroatoms. The number of nitrogens with zero attached hydrogens (tertiary/aromatic N) is 2. The van der Waals surface area contributed by atoms with Gasteiger partial charge in [0.05, 0.1) is 0 Å². The van der Waals surface area contributed by atoms with Crippen molar-refractivity contribution >= 4 is 5.91 Å². The summed E-state index contributed by atoms with van der Waals surface area (Å²) in [5.74, 6) is 0.185. The van der Waals surface area contributed by atoms with Crippen LogP contribution in [0.5, 0.6) is 0 Å². The van der Waals surface area contributed by atoms with Crippen LogP contribution < -0.4 is 5.73 Å². The third kappa shape index (κ3) is 6.47. The van der Waals surface area contributed by atoms with Crippen LogP contribution in [0.2, 0.25) is 0 Å². The van der Waals surface area contributed by atoms with Crippen LogP contribution in [0.3, 0.4) is 0 Å². The maximum atomic E-state index is 11.7. The van der Waals surface area contributed by atoms with E-state index in [1.807, 2.05) is 26.0 Å². The highest BCUT2D eigenvalue weighted by Gasteiger charge is 2.20. The smallest absolute Gasteiger partial charge is 0.223 e. The molecule has 0 aliphatic rings. The SMILES string of the molecule is CN(C)CCC(=O)N(C)CC(C)(C)CN. The lowest BCUT2D eigenvalue weighted by Gasteiger charge is -2.29. The zero-order valence-electron chi connectivity index (χ0n) is 10.7. The highest BCUT2D eigenvalue weighted by Crippen LogP contribution is 2.14. The standard InChI is InChI=1S/C11H25N3O/c1-11(2,8-12)9-14(5)10(15)6-7-13(3)4/h6-9,12H2,1-5H3. The van der Waals surface area contributed by atoms with Gasteiger partial charge in [-0.3, -0.25) is 4.79 Å². The van der Waals surface area contributed by atoms with Crippen LogP contribution in [0, 0.1) is 5.41 Å². The Morgan fingerprint density at radius 1 is 1.27 bits per heavy atom. The average Bonchev–Trinajstić information content (AvgIpc) is 2.13. The maximum absolute atomic E-state index is 11.7. The van der Waals surface area contributed by atoms with Gasteiger partial charge >= 0.3 is 0 Å². The van der Waals surface area contributed by atoms with E-state index in [-0.39, 0.29) is 11.3 Å². The van der Waals surface area contributed by atoms with Crippen molar-refractivity contribution in [3.8, 4) is 0 Å². The van der Waals surface area contributed by atoms with Crippen LogP contribution >= 0.6 is 0 Å². The molecule has 2 N–H and O–H groups in total. The van der Waals surface area contributed by atoms with Crippen LogP contribution in [0.1, 0.15) is 20.3 Å². The van der Waals surface area contributed by atoms with Crippen LogP contribution in [-0.2, 0) is 4.79 Å². The fourth-order valence-electron chi connectivity index (χ4n) is 1.30. The van der Waals surface area contributed by atoms with Crippen molar-refractivity contribution in [3.63, 3.8) is 0 Å². The summed E-state index contributed by atoms with van der Waals surface area (Å²) in [5.41, 5.74) is 5.63. The molecule has 0 saturated heterocycles. The molecule has 0 unspecified atom stereocenters. The van der Waals surface area contributed by atoms with Crippen molar-refractivity contribution in [2.24, 2.45) is 11.1 Å². The molecule has 0 radical (unpaired) electrons. The molecule has 0 aromatic rings. The first-order valence-electron chi connectivity index (χ1n) is 5.37. The number of carbonyl (C=O) groups excluding carboxylic acids is 1. The Morgan fingerprint density at radius 2 is 1.80 bits per heavy atom. The fraction of sp³-hybridized carbons (Fsp3) is 0.909. The van der Waals surface area contributed by atoms with Crippen LogP contribution in [0.25, 0.3) is 0 Å². The summed E-state index contributed by atoms with van der Waals surface area (Å²) in [7, 11) is 5.78. The monoisotopic (exact) mass is 215 g/mol. The molecule has 0 bridgehead atoms. The van der Waals surface area contributed by atoms with E-state index >= 15 is 0 Å². The van der Waals surface area contributed by atoms with E-state index in [1.54, 1.807) is 4.90 Å². The molecule has 4 nitrogen and oxygen atoms in total. The van der Waals surface area contributed by atoms with Crippen molar-refractivity contribution in [2.75, 3.05) is 40.8 Å². The summed E-state index contributed by atoms with van der Waals surface area (Å²) < 4.78 is 0. The number of hydrogen-bond donors (Lipinski definition) is 1. The van der Waals surface area contributed by atoms with Gasteiger partial charge in [-0.15, -0.1) is 0 Å². The van der Waals surface area contributed by atoms with Gasteiger partial charge in [-0.2, -0.15) is 0 Å². The van der Waals surface area contributed by atoms with E-state index < -0.39 is 0 Å². The lowest BCUT2D eigenvalue weighted by atomic mass is 9.93. The highest BCUT2D eigenvalue weighted by atomic mass is 16.2. The Balaban J connectivity index is 3.99. The van der Waals surface area contributed by atoms with Gasteiger partial charge in [-0.25, -0.2) is 0 Å². The van der Waals surface area contributed by atoms with Gasteiger partial charge in [0.2, 0.25) is 5.91 Å². The summed E-state index contributed by atoms with van der Waals surface area (Å²) in [6.07, 6.45) is 0.574. The average molecular weight is 215 g/mol. The molecule has 0 rings (SSSR count). The lowest BCUT2D eigenvalue weighted by molar-refractivity contribution is -0.131. The lowest BCUT2D eigenvalue weighted by Crippen LogP contribution is -2.40. The largest absolute Gasteiger partial charge is 0.345 e. The molecule has 0 aromatic carbocycles. The summed E-state index contributed by atoms with van der Waals surface area (Å²) >= 11 is 0. The van der Waals surface area contributed by atoms with E-state index in [1.165, 1.54) is 0 Å².